The van der Waals surface area contributed by atoms with E-state index in [2.05, 4.69) is 10.2 Å². The van der Waals surface area contributed by atoms with Gasteiger partial charge in [0.15, 0.2) is 11.6 Å². The fraction of sp³-hybridized carbons (Fsp3) is 0.476. The Bertz CT molecular complexity index is 858. The van der Waals surface area contributed by atoms with E-state index in [4.69, 9.17) is 4.74 Å². The second kappa shape index (κ2) is 8.73. The number of nitrogens with one attached hydrogen (secondary N) is 1. The molecule has 0 unspecified atom stereocenters. The summed E-state index contributed by atoms with van der Waals surface area (Å²) in [5, 5.41) is 2.94. The van der Waals surface area contributed by atoms with Crippen LogP contribution in [0.5, 0.6) is 0 Å². The van der Waals surface area contributed by atoms with Gasteiger partial charge >= 0.3 is 0 Å². The predicted octanol–water partition coefficient (Wildman–Crippen LogP) is 3.41. The Morgan fingerprint density at radius 2 is 1.89 bits per heavy atom. The summed E-state index contributed by atoms with van der Waals surface area (Å²) < 4.78 is 34.4. The molecule has 7 heteroatoms. The van der Waals surface area contributed by atoms with Gasteiger partial charge in [0.2, 0.25) is 0 Å². The van der Waals surface area contributed by atoms with E-state index in [0.717, 1.165) is 42.5 Å². The van der Waals surface area contributed by atoms with Gasteiger partial charge in [0.25, 0.3) is 5.91 Å². The first-order valence-electron chi connectivity index (χ1n) is 9.68. The lowest BCUT2D eigenvalue weighted by Gasteiger charge is -2.29. The average Bonchev–Trinajstić information content (AvgIpc) is 2.93. The molecular weight excluding hydrogens is 364 g/mol. The Labute approximate surface area is 164 Å². The molecule has 2 heterocycles. The molecule has 1 N–H and O–H groups in total. The molecule has 1 saturated heterocycles. The summed E-state index contributed by atoms with van der Waals surface area (Å²) in [6.07, 6.45) is 0.837. The lowest BCUT2D eigenvalue weighted by Crippen LogP contribution is -2.36. The highest BCUT2D eigenvalue weighted by Gasteiger charge is 2.26. The first-order valence-corrected chi connectivity index (χ1v) is 9.68. The largest absolute Gasteiger partial charge is 0.378 e. The van der Waals surface area contributed by atoms with Crippen LogP contribution in [0.4, 0.5) is 14.5 Å². The second-order valence-corrected chi connectivity index (χ2v) is 7.10. The van der Waals surface area contributed by atoms with Crippen molar-refractivity contribution in [1.82, 2.24) is 9.88 Å². The minimum Gasteiger partial charge on any atom is -0.378 e. The summed E-state index contributed by atoms with van der Waals surface area (Å²) in [5.74, 6) is -1.91. The first kappa shape index (κ1) is 20.3. The highest BCUT2D eigenvalue weighted by atomic mass is 19.2. The van der Waals surface area contributed by atoms with Crippen molar-refractivity contribution in [2.24, 2.45) is 0 Å². The number of carbonyl (C=O) groups is 1. The fourth-order valence-corrected chi connectivity index (χ4v) is 3.77. The van der Waals surface area contributed by atoms with E-state index in [1.54, 1.807) is 6.07 Å². The van der Waals surface area contributed by atoms with E-state index in [1.807, 2.05) is 25.3 Å². The second-order valence-electron chi connectivity index (χ2n) is 7.10. The zero-order valence-corrected chi connectivity index (χ0v) is 16.6. The van der Waals surface area contributed by atoms with Crippen LogP contribution in [-0.4, -0.2) is 43.3 Å². The van der Waals surface area contributed by atoms with Crippen LogP contribution in [0, 0.1) is 25.5 Å². The van der Waals surface area contributed by atoms with Crippen molar-refractivity contribution >= 4 is 11.6 Å². The molecule has 1 aromatic carbocycles. The van der Waals surface area contributed by atoms with Gasteiger partial charge in [-0.05, 0) is 38.0 Å². The predicted molar refractivity (Wildman–Crippen MR) is 105 cm³/mol. The number of nitrogens with zero attached hydrogens (tertiary/aromatic N) is 2. The highest BCUT2D eigenvalue weighted by molar-refractivity contribution is 5.96. The van der Waals surface area contributed by atoms with Crippen LogP contribution in [0.15, 0.2) is 18.2 Å². The summed E-state index contributed by atoms with van der Waals surface area (Å²) in [6.45, 7) is 9.59. The summed E-state index contributed by atoms with van der Waals surface area (Å²) in [6, 6.07) is 3.86. The first-order chi connectivity index (χ1) is 13.4. The molecule has 0 atom stereocenters. The number of aromatic nitrogens is 1. The molecule has 3 rings (SSSR count). The minimum atomic E-state index is -0.885. The number of rotatable bonds is 6. The number of benzene rings is 1. The highest BCUT2D eigenvalue weighted by Crippen LogP contribution is 2.32. The monoisotopic (exact) mass is 391 g/mol. The molecule has 1 fully saturated rings. The van der Waals surface area contributed by atoms with Crippen LogP contribution in [-0.2, 0) is 11.3 Å². The van der Waals surface area contributed by atoms with Crippen LogP contribution < -0.4 is 10.2 Å². The lowest BCUT2D eigenvalue weighted by atomic mass is 10.1. The van der Waals surface area contributed by atoms with Crippen LogP contribution in [0.25, 0.3) is 0 Å². The van der Waals surface area contributed by atoms with Crippen LogP contribution in [0.3, 0.4) is 0 Å². The molecule has 2 aromatic rings. The van der Waals surface area contributed by atoms with Crippen LogP contribution in [0.1, 0.15) is 40.7 Å². The van der Waals surface area contributed by atoms with E-state index in [1.165, 1.54) is 6.07 Å². The molecule has 1 aliphatic rings. The fourth-order valence-electron chi connectivity index (χ4n) is 3.77. The summed E-state index contributed by atoms with van der Waals surface area (Å²) in [7, 11) is 0. The van der Waals surface area contributed by atoms with Gasteiger partial charge in [0.1, 0.15) is 5.69 Å². The van der Waals surface area contributed by atoms with E-state index in [0.29, 0.717) is 37.6 Å². The number of morpholine rings is 1. The molecular formula is C21H27F2N3O2. The molecule has 152 valence electrons. The summed E-state index contributed by atoms with van der Waals surface area (Å²) >= 11 is 0. The van der Waals surface area contributed by atoms with Crippen molar-refractivity contribution in [2.75, 3.05) is 37.7 Å². The summed E-state index contributed by atoms with van der Waals surface area (Å²) in [4.78, 5) is 15.1. The van der Waals surface area contributed by atoms with Crippen molar-refractivity contribution in [3.8, 4) is 0 Å². The van der Waals surface area contributed by atoms with Crippen molar-refractivity contribution < 1.29 is 18.3 Å². The van der Waals surface area contributed by atoms with Crippen molar-refractivity contribution in [3.63, 3.8) is 0 Å². The number of hydrogen-bond donors (Lipinski definition) is 1. The SMILES string of the molecule is CCCNC(=O)c1c(C)c(N2CCOCC2)c(C)n1Cc1ccc(F)c(F)c1. The average molecular weight is 391 g/mol. The molecule has 1 aliphatic heterocycles. The van der Waals surface area contributed by atoms with E-state index in [9.17, 15) is 13.6 Å². The Morgan fingerprint density at radius 3 is 2.54 bits per heavy atom. The third-order valence-electron chi connectivity index (χ3n) is 5.13. The minimum absolute atomic E-state index is 0.149. The standard InChI is InChI=1S/C21H27F2N3O2/c1-4-7-24-21(27)20-14(2)19(25-8-10-28-11-9-25)15(3)26(20)13-16-5-6-17(22)18(23)12-16/h5-6,12H,4,7-11,13H2,1-3H3,(H,24,27). The number of carbonyl (C=O) groups excluding carboxylic acids is 1. The number of amides is 1. The maximum Gasteiger partial charge on any atom is 0.268 e. The molecule has 0 saturated carbocycles. The number of ether oxygens (including phenoxy) is 1. The third kappa shape index (κ3) is 4.04. The molecule has 0 aliphatic carbocycles. The zero-order chi connectivity index (χ0) is 20.3. The molecule has 1 aromatic heterocycles. The molecule has 1 amide bonds. The van der Waals surface area contributed by atoms with Gasteiger partial charge in [-0.15, -0.1) is 0 Å². The maximum absolute atomic E-state index is 13.7. The molecule has 0 bridgehead atoms. The van der Waals surface area contributed by atoms with E-state index in [-0.39, 0.29) is 5.91 Å². The van der Waals surface area contributed by atoms with Crippen LogP contribution >= 0.6 is 0 Å². The van der Waals surface area contributed by atoms with Gasteiger partial charge in [-0.3, -0.25) is 4.79 Å². The number of halogens is 2. The maximum atomic E-state index is 13.7. The number of anilines is 1. The van der Waals surface area contributed by atoms with Crippen molar-refractivity contribution in [2.45, 2.75) is 33.7 Å². The van der Waals surface area contributed by atoms with Gasteiger partial charge in [-0.1, -0.05) is 13.0 Å². The Morgan fingerprint density at radius 1 is 1.18 bits per heavy atom. The zero-order valence-electron chi connectivity index (χ0n) is 16.6. The van der Waals surface area contributed by atoms with Gasteiger partial charge in [-0.2, -0.15) is 0 Å². The molecule has 0 radical (unpaired) electrons. The summed E-state index contributed by atoms with van der Waals surface area (Å²) in [5.41, 5.74) is 4.03. The number of hydrogen-bond acceptors (Lipinski definition) is 3. The lowest BCUT2D eigenvalue weighted by molar-refractivity contribution is 0.0944. The topological polar surface area (TPSA) is 46.5 Å². The quantitative estimate of drug-likeness (QED) is 0.821. The molecule has 0 spiro atoms. The Balaban J connectivity index is 2.04. The van der Waals surface area contributed by atoms with E-state index >= 15 is 0 Å². The third-order valence-corrected chi connectivity index (χ3v) is 5.13. The van der Waals surface area contributed by atoms with Gasteiger partial charge in [0.05, 0.1) is 18.9 Å². The van der Waals surface area contributed by atoms with Gasteiger partial charge < -0.3 is 19.5 Å². The Hall–Kier alpha value is -2.41. The molecule has 28 heavy (non-hydrogen) atoms. The Kier molecular flexibility index (Phi) is 6.34. The van der Waals surface area contributed by atoms with Gasteiger partial charge in [0, 0.05) is 37.4 Å². The normalized spacial score (nSPS) is 14.4. The van der Waals surface area contributed by atoms with Crippen LogP contribution in [0.2, 0.25) is 0 Å². The smallest absolute Gasteiger partial charge is 0.268 e. The van der Waals surface area contributed by atoms with Crippen molar-refractivity contribution in [3.05, 3.63) is 52.3 Å². The van der Waals surface area contributed by atoms with E-state index < -0.39 is 11.6 Å². The van der Waals surface area contributed by atoms with Crippen molar-refractivity contribution in [1.29, 1.82) is 0 Å². The molecule has 5 nitrogen and oxygen atoms in total. The van der Waals surface area contributed by atoms with Gasteiger partial charge in [-0.25, -0.2) is 8.78 Å².